The highest BCUT2D eigenvalue weighted by Gasteiger charge is 2.42. The number of methoxy groups -OCH3 is 2. The lowest BCUT2D eigenvalue weighted by molar-refractivity contribution is -0.00461. The van der Waals surface area contributed by atoms with Crippen molar-refractivity contribution in [2.75, 3.05) is 40.4 Å². The third-order valence-electron chi connectivity index (χ3n) is 4.37. The molecule has 0 aromatic carbocycles. The van der Waals surface area contributed by atoms with Crippen molar-refractivity contribution in [3.8, 4) is 0 Å². The van der Waals surface area contributed by atoms with Gasteiger partial charge in [0.1, 0.15) is 0 Å². The fourth-order valence-electron chi connectivity index (χ4n) is 3.31. The van der Waals surface area contributed by atoms with Gasteiger partial charge in [0, 0.05) is 39.9 Å². The molecular weight excluding hydrogens is 216 g/mol. The van der Waals surface area contributed by atoms with Crippen molar-refractivity contribution in [3.05, 3.63) is 0 Å². The average molecular weight is 242 g/mol. The van der Waals surface area contributed by atoms with Crippen LogP contribution in [0.2, 0.25) is 0 Å². The maximum Gasteiger partial charge on any atom is 0.0971 e. The molecule has 0 bridgehead atoms. The highest BCUT2D eigenvalue weighted by molar-refractivity contribution is 4.97. The van der Waals surface area contributed by atoms with Crippen molar-refractivity contribution in [3.63, 3.8) is 0 Å². The second-order valence-electron chi connectivity index (χ2n) is 5.97. The normalized spacial score (nSPS) is 38.5. The van der Waals surface area contributed by atoms with E-state index in [9.17, 15) is 0 Å². The van der Waals surface area contributed by atoms with Crippen LogP contribution in [0.5, 0.6) is 0 Å². The van der Waals surface area contributed by atoms with Gasteiger partial charge < -0.3 is 14.8 Å². The Bertz CT molecular complexity index is 246. The van der Waals surface area contributed by atoms with Gasteiger partial charge in [-0.3, -0.25) is 4.90 Å². The molecule has 0 aliphatic carbocycles. The molecule has 2 rings (SSSR count). The average Bonchev–Trinajstić information content (AvgIpc) is 2.71. The fraction of sp³-hybridized carbons (Fsp3) is 1.00. The zero-order valence-electron chi connectivity index (χ0n) is 11.5. The molecule has 0 aromatic heterocycles. The molecule has 0 radical (unpaired) electrons. The third-order valence-corrected chi connectivity index (χ3v) is 4.37. The van der Waals surface area contributed by atoms with E-state index in [1.165, 1.54) is 6.42 Å². The first-order valence-electron chi connectivity index (χ1n) is 6.59. The van der Waals surface area contributed by atoms with Crippen LogP contribution in [0, 0.1) is 5.41 Å². The van der Waals surface area contributed by atoms with Crippen LogP contribution in [0.15, 0.2) is 0 Å². The van der Waals surface area contributed by atoms with Crippen LogP contribution in [0.25, 0.3) is 0 Å². The van der Waals surface area contributed by atoms with E-state index in [4.69, 9.17) is 9.47 Å². The Morgan fingerprint density at radius 3 is 2.18 bits per heavy atom. The number of hydrogen-bond donors (Lipinski definition) is 1. The van der Waals surface area contributed by atoms with E-state index in [-0.39, 0.29) is 12.2 Å². The molecule has 2 heterocycles. The standard InChI is InChI=1S/C13H26N2O2/c1-13(2)9-14-6-5-12(13)15-7-10(16-3)11(8-15)17-4/h10-12,14H,5-9H2,1-4H3. The summed E-state index contributed by atoms with van der Waals surface area (Å²) in [7, 11) is 3.57. The maximum absolute atomic E-state index is 5.52. The molecule has 3 atom stereocenters. The molecule has 2 aliphatic rings. The SMILES string of the molecule is COC1CN(C2CCNCC2(C)C)CC1OC. The Labute approximate surface area is 105 Å². The van der Waals surface area contributed by atoms with Crippen LogP contribution in [0.3, 0.4) is 0 Å². The van der Waals surface area contributed by atoms with Gasteiger partial charge in [-0.1, -0.05) is 13.8 Å². The molecule has 4 heteroatoms. The minimum atomic E-state index is 0.227. The molecule has 1 N–H and O–H groups in total. The van der Waals surface area contributed by atoms with Crippen molar-refractivity contribution in [2.24, 2.45) is 5.41 Å². The van der Waals surface area contributed by atoms with Crippen LogP contribution < -0.4 is 5.32 Å². The molecule has 4 nitrogen and oxygen atoms in total. The lowest BCUT2D eigenvalue weighted by Gasteiger charge is -2.44. The largest absolute Gasteiger partial charge is 0.377 e. The molecular formula is C13H26N2O2. The van der Waals surface area contributed by atoms with Gasteiger partial charge in [0.15, 0.2) is 0 Å². The number of rotatable bonds is 3. The summed E-state index contributed by atoms with van der Waals surface area (Å²) >= 11 is 0. The highest BCUT2D eigenvalue weighted by Crippen LogP contribution is 2.32. The topological polar surface area (TPSA) is 33.7 Å². The maximum atomic E-state index is 5.52. The smallest absolute Gasteiger partial charge is 0.0971 e. The monoisotopic (exact) mass is 242 g/mol. The quantitative estimate of drug-likeness (QED) is 0.791. The van der Waals surface area contributed by atoms with Crippen molar-refractivity contribution in [1.82, 2.24) is 10.2 Å². The van der Waals surface area contributed by atoms with Crippen molar-refractivity contribution in [1.29, 1.82) is 0 Å². The summed E-state index contributed by atoms with van der Waals surface area (Å²) in [5.74, 6) is 0. The summed E-state index contributed by atoms with van der Waals surface area (Å²) in [6, 6.07) is 0.640. The van der Waals surface area contributed by atoms with Gasteiger partial charge in [-0.2, -0.15) is 0 Å². The number of nitrogens with zero attached hydrogens (tertiary/aromatic N) is 1. The Morgan fingerprint density at radius 1 is 1.12 bits per heavy atom. The summed E-state index contributed by atoms with van der Waals surface area (Å²) in [5, 5.41) is 3.49. The lowest BCUT2D eigenvalue weighted by Crippen LogP contribution is -2.54. The van der Waals surface area contributed by atoms with Crippen LogP contribution in [0.4, 0.5) is 0 Å². The van der Waals surface area contributed by atoms with Crippen molar-refractivity contribution < 1.29 is 9.47 Å². The Hall–Kier alpha value is -0.160. The van der Waals surface area contributed by atoms with Crippen LogP contribution >= 0.6 is 0 Å². The van der Waals surface area contributed by atoms with Gasteiger partial charge in [0.05, 0.1) is 12.2 Å². The number of ether oxygens (including phenoxy) is 2. The summed E-state index contributed by atoms with van der Waals surface area (Å²) in [6.07, 6.45) is 1.68. The van der Waals surface area contributed by atoms with Crippen molar-refractivity contribution in [2.45, 2.75) is 38.5 Å². The Kier molecular flexibility index (Phi) is 4.08. The highest BCUT2D eigenvalue weighted by atomic mass is 16.5. The zero-order valence-corrected chi connectivity index (χ0v) is 11.5. The van der Waals surface area contributed by atoms with Gasteiger partial charge >= 0.3 is 0 Å². The first-order valence-corrected chi connectivity index (χ1v) is 6.59. The van der Waals surface area contributed by atoms with Crippen LogP contribution in [-0.2, 0) is 9.47 Å². The number of likely N-dealkylation sites (tertiary alicyclic amines) is 1. The molecule has 2 fully saturated rings. The summed E-state index contributed by atoms with van der Waals surface area (Å²) in [4.78, 5) is 2.56. The third kappa shape index (κ3) is 2.65. The van der Waals surface area contributed by atoms with E-state index in [1.807, 2.05) is 0 Å². The fourth-order valence-corrected chi connectivity index (χ4v) is 3.31. The number of hydrogen-bond acceptors (Lipinski definition) is 4. The van der Waals surface area contributed by atoms with Gasteiger partial charge in [-0.05, 0) is 18.4 Å². The molecule has 0 spiro atoms. The molecule has 3 unspecified atom stereocenters. The molecule has 0 aromatic rings. The first-order chi connectivity index (χ1) is 8.08. The second kappa shape index (κ2) is 5.22. The minimum absolute atomic E-state index is 0.227. The molecule has 0 saturated carbocycles. The summed E-state index contributed by atoms with van der Waals surface area (Å²) < 4.78 is 11.0. The molecule has 100 valence electrons. The molecule has 17 heavy (non-hydrogen) atoms. The predicted molar refractivity (Wildman–Crippen MR) is 68.2 cm³/mol. The summed E-state index contributed by atoms with van der Waals surface area (Å²) in [5.41, 5.74) is 0.333. The van der Waals surface area contributed by atoms with E-state index in [1.54, 1.807) is 14.2 Å². The van der Waals surface area contributed by atoms with E-state index in [0.29, 0.717) is 11.5 Å². The van der Waals surface area contributed by atoms with Crippen molar-refractivity contribution >= 4 is 0 Å². The Balaban J connectivity index is 2.03. The zero-order chi connectivity index (χ0) is 12.5. The molecule has 0 amide bonds. The lowest BCUT2D eigenvalue weighted by atomic mass is 9.79. The minimum Gasteiger partial charge on any atom is -0.377 e. The van der Waals surface area contributed by atoms with E-state index in [0.717, 1.165) is 26.2 Å². The van der Waals surface area contributed by atoms with E-state index < -0.39 is 0 Å². The molecule has 2 saturated heterocycles. The predicted octanol–water partition coefficient (Wildman–Crippen LogP) is 0.720. The van der Waals surface area contributed by atoms with E-state index in [2.05, 4.69) is 24.1 Å². The van der Waals surface area contributed by atoms with Crippen LogP contribution in [-0.4, -0.2) is 63.5 Å². The number of nitrogens with one attached hydrogen (secondary N) is 1. The summed E-state index contributed by atoms with van der Waals surface area (Å²) in [6.45, 7) is 8.94. The molecule has 2 aliphatic heterocycles. The van der Waals surface area contributed by atoms with E-state index >= 15 is 0 Å². The second-order valence-corrected chi connectivity index (χ2v) is 5.97. The van der Waals surface area contributed by atoms with Gasteiger partial charge in [0.2, 0.25) is 0 Å². The Morgan fingerprint density at radius 2 is 1.71 bits per heavy atom. The van der Waals surface area contributed by atoms with Crippen LogP contribution in [0.1, 0.15) is 20.3 Å². The van der Waals surface area contributed by atoms with Gasteiger partial charge in [-0.25, -0.2) is 0 Å². The first kappa shape index (κ1) is 13.3. The number of piperidine rings is 1. The van der Waals surface area contributed by atoms with Gasteiger partial charge in [0.25, 0.3) is 0 Å². The van der Waals surface area contributed by atoms with Gasteiger partial charge in [-0.15, -0.1) is 0 Å².